The first-order valence-electron chi connectivity index (χ1n) is 5.78. The Balaban J connectivity index is 0.000000136. The van der Waals surface area contributed by atoms with E-state index in [0.29, 0.717) is 11.8 Å². The van der Waals surface area contributed by atoms with Crippen molar-refractivity contribution in [1.29, 1.82) is 0 Å². The molecule has 0 spiro atoms. The molecule has 0 aromatic heterocycles. The fourth-order valence-electron chi connectivity index (χ4n) is 2.48. The lowest BCUT2D eigenvalue weighted by Gasteiger charge is -2.11. The van der Waals surface area contributed by atoms with Crippen LogP contribution in [0.2, 0.25) is 5.02 Å². The average Bonchev–Trinajstić information content (AvgIpc) is 2.92. The summed E-state index contributed by atoms with van der Waals surface area (Å²) in [7, 11) is 0. The molecule has 0 heterocycles. The van der Waals surface area contributed by atoms with Gasteiger partial charge in [0.25, 0.3) is 0 Å². The standard InChI is InChI=1S/C8H10O2.C6H5Cl/c9-8(10)7-4-5-1-2-6(7)3-5;7-6-4-2-1-3-5-6/h1-2,5-7H,3-4H2,(H,9,10);1-5H. The monoisotopic (exact) mass is 250 g/mol. The van der Waals surface area contributed by atoms with Crippen molar-refractivity contribution in [2.45, 2.75) is 12.8 Å². The average molecular weight is 251 g/mol. The van der Waals surface area contributed by atoms with Crippen LogP contribution >= 0.6 is 11.6 Å². The number of carbonyl (C=O) groups is 1. The van der Waals surface area contributed by atoms with Gasteiger partial charge in [0.2, 0.25) is 0 Å². The molecule has 3 unspecified atom stereocenters. The number of allylic oxidation sites excluding steroid dienone is 2. The number of halogens is 1. The van der Waals surface area contributed by atoms with E-state index in [4.69, 9.17) is 16.7 Å². The second-order valence-corrected chi connectivity index (χ2v) is 4.96. The molecule has 0 aliphatic heterocycles. The van der Waals surface area contributed by atoms with E-state index in [0.717, 1.165) is 17.9 Å². The zero-order valence-corrected chi connectivity index (χ0v) is 10.2. The summed E-state index contributed by atoms with van der Waals surface area (Å²) in [5.41, 5.74) is 0. The number of fused-ring (bicyclic) bond motifs is 2. The predicted molar refractivity (Wildman–Crippen MR) is 67.9 cm³/mol. The molecule has 3 atom stereocenters. The van der Waals surface area contributed by atoms with Crippen molar-refractivity contribution in [3.63, 3.8) is 0 Å². The highest BCUT2D eigenvalue weighted by atomic mass is 35.5. The molecule has 2 nitrogen and oxygen atoms in total. The van der Waals surface area contributed by atoms with Gasteiger partial charge in [-0.05, 0) is 36.8 Å². The number of hydrogen-bond acceptors (Lipinski definition) is 1. The van der Waals surface area contributed by atoms with E-state index >= 15 is 0 Å². The molecule has 0 radical (unpaired) electrons. The van der Waals surface area contributed by atoms with Crippen LogP contribution in [0.1, 0.15) is 12.8 Å². The van der Waals surface area contributed by atoms with E-state index in [1.165, 1.54) is 0 Å². The molecule has 1 aromatic carbocycles. The van der Waals surface area contributed by atoms with Crippen molar-refractivity contribution in [3.05, 3.63) is 47.5 Å². The Kier molecular flexibility index (Phi) is 3.85. The topological polar surface area (TPSA) is 37.3 Å². The number of hydrogen-bond donors (Lipinski definition) is 1. The predicted octanol–water partition coefficient (Wildman–Crippen LogP) is 3.62. The lowest BCUT2D eigenvalue weighted by Crippen LogP contribution is -2.17. The number of carboxylic acid groups (broad SMARTS) is 1. The largest absolute Gasteiger partial charge is 0.481 e. The molecule has 3 rings (SSSR count). The lowest BCUT2D eigenvalue weighted by atomic mass is 9.94. The van der Waals surface area contributed by atoms with Crippen molar-refractivity contribution in [2.75, 3.05) is 0 Å². The second-order valence-electron chi connectivity index (χ2n) is 4.52. The molecule has 17 heavy (non-hydrogen) atoms. The summed E-state index contributed by atoms with van der Waals surface area (Å²) in [6, 6.07) is 9.44. The van der Waals surface area contributed by atoms with Gasteiger partial charge in [-0.2, -0.15) is 0 Å². The summed E-state index contributed by atoms with van der Waals surface area (Å²) in [4.78, 5) is 10.6. The van der Waals surface area contributed by atoms with Gasteiger partial charge in [0.15, 0.2) is 0 Å². The quantitative estimate of drug-likeness (QED) is 0.773. The van der Waals surface area contributed by atoms with Gasteiger partial charge < -0.3 is 5.11 Å². The van der Waals surface area contributed by atoms with Crippen LogP contribution < -0.4 is 0 Å². The summed E-state index contributed by atoms with van der Waals surface area (Å²) >= 11 is 5.54. The van der Waals surface area contributed by atoms with Crippen LogP contribution in [0.15, 0.2) is 42.5 Å². The van der Waals surface area contributed by atoms with Gasteiger partial charge in [0.05, 0.1) is 5.92 Å². The minimum atomic E-state index is -0.614. The van der Waals surface area contributed by atoms with Crippen LogP contribution in [-0.2, 0) is 4.79 Å². The zero-order valence-electron chi connectivity index (χ0n) is 9.42. The fraction of sp³-hybridized carbons (Fsp3) is 0.357. The summed E-state index contributed by atoms with van der Waals surface area (Å²) in [6.45, 7) is 0. The lowest BCUT2D eigenvalue weighted by molar-refractivity contribution is -0.142. The van der Waals surface area contributed by atoms with E-state index in [1.54, 1.807) is 0 Å². The highest BCUT2D eigenvalue weighted by Gasteiger charge is 2.39. The van der Waals surface area contributed by atoms with Crippen LogP contribution in [0.3, 0.4) is 0 Å². The summed E-state index contributed by atoms with van der Waals surface area (Å²) in [6.07, 6.45) is 6.17. The maximum absolute atomic E-state index is 10.6. The zero-order chi connectivity index (χ0) is 12.3. The van der Waals surface area contributed by atoms with E-state index in [1.807, 2.05) is 30.3 Å². The maximum Gasteiger partial charge on any atom is 0.307 e. The number of aliphatic carboxylic acids is 1. The van der Waals surface area contributed by atoms with Gasteiger partial charge in [0.1, 0.15) is 0 Å². The molecule has 90 valence electrons. The molecule has 2 bridgehead atoms. The maximum atomic E-state index is 10.6. The van der Waals surface area contributed by atoms with E-state index in [-0.39, 0.29) is 5.92 Å². The van der Waals surface area contributed by atoms with E-state index in [9.17, 15) is 4.79 Å². The highest BCUT2D eigenvalue weighted by Crippen LogP contribution is 2.43. The summed E-state index contributed by atoms with van der Waals surface area (Å²) in [5, 5.41) is 9.50. The summed E-state index contributed by atoms with van der Waals surface area (Å²) < 4.78 is 0. The minimum Gasteiger partial charge on any atom is -0.481 e. The molecule has 1 aromatic rings. The van der Waals surface area contributed by atoms with Crippen LogP contribution in [0.5, 0.6) is 0 Å². The molecular weight excluding hydrogens is 236 g/mol. The van der Waals surface area contributed by atoms with Gasteiger partial charge in [-0.15, -0.1) is 0 Å². The fourth-order valence-corrected chi connectivity index (χ4v) is 2.62. The first-order valence-corrected chi connectivity index (χ1v) is 6.16. The van der Waals surface area contributed by atoms with Gasteiger partial charge in [0, 0.05) is 5.02 Å². The number of benzene rings is 1. The van der Waals surface area contributed by atoms with Crippen LogP contribution in [-0.4, -0.2) is 11.1 Å². The van der Waals surface area contributed by atoms with E-state index in [2.05, 4.69) is 12.2 Å². The van der Waals surface area contributed by atoms with Crippen molar-refractivity contribution in [2.24, 2.45) is 17.8 Å². The van der Waals surface area contributed by atoms with Crippen molar-refractivity contribution < 1.29 is 9.90 Å². The van der Waals surface area contributed by atoms with Crippen LogP contribution in [0.4, 0.5) is 0 Å². The Morgan fingerprint density at radius 1 is 1.18 bits per heavy atom. The van der Waals surface area contributed by atoms with Gasteiger partial charge in [-0.3, -0.25) is 4.79 Å². The number of carboxylic acids is 1. The van der Waals surface area contributed by atoms with E-state index < -0.39 is 5.97 Å². The van der Waals surface area contributed by atoms with Crippen molar-refractivity contribution in [3.8, 4) is 0 Å². The van der Waals surface area contributed by atoms with Crippen molar-refractivity contribution in [1.82, 2.24) is 0 Å². The first-order chi connectivity index (χ1) is 8.16. The molecule has 0 saturated heterocycles. The molecule has 3 heteroatoms. The third-order valence-corrected chi connectivity index (χ3v) is 3.58. The molecule has 1 fully saturated rings. The molecule has 0 amide bonds. The second kappa shape index (κ2) is 5.37. The normalized spacial score (nSPS) is 28.6. The smallest absolute Gasteiger partial charge is 0.307 e. The molecule has 2 aliphatic carbocycles. The minimum absolute atomic E-state index is 0.0741. The third kappa shape index (κ3) is 3.10. The van der Waals surface area contributed by atoms with Crippen LogP contribution in [0, 0.1) is 17.8 Å². The van der Waals surface area contributed by atoms with Crippen molar-refractivity contribution >= 4 is 17.6 Å². The Labute approximate surface area is 106 Å². The third-order valence-electron chi connectivity index (χ3n) is 3.33. The Bertz CT molecular complexity index is 413. The molecule has 1 saturated carbocycles. The first kappa shape index (κ1) is 12.2. The highest BCUT2D eigenvalue weighted by molar-refractivity contribution is 6.30. The molecule has 1 N–H and O–H groups in total. The Morgan fingerprint density at radius 2 is 1.88 bits per heavy atom. The number of rotatable bonds is 1. The van der Waals surface area contributed by atoms with Crippen LogP contribution in [0.25, 0.3) is 0 Å². The van der Waals surface area contributed by atoms with Gasteiger partial charge >= 0.3 is 5.97 Å². The Morgan fingerprint density at radius 3 is 2.18 bits per heavy atom. The summed E-state index contributed by atoms with van der Waals surface area (Å²) in [5.74, 6) is 0.237. The van der Waals surface area contributed by atoms with Gasteiger partial charge in [-0.1, -0.05) is 42.0 Å². The van der Waals surface area contributed by atoms with Gasteiger partial charge in [-0.25, -0.2) is 0 Å². The molecular formula is C14H15ClO2. The molecule has 2 aliphatic rings. The Hall–Kier alpha value is -1.28. The SMILES string of the molecule is Clc1ccccc1.O=C(O)C1CC2C=CC1C2.